The second-order valence-electron chi connectivity index (χ2n) is 4.84. The zero-order valence-electron chi connectivity index (χ0n) is 12.2. The number of phenols is 1. The number of rotatable bonds is 4. The molecule has 0 aliphatic carbocycles. The van der Waals surface area contributed by atoms with Crippen molar-refractivity contribution in [3.05, 3.63) is 59.7 Å². The SMILES string of the molecule is O=C(Nc1ccccc1CNC(=O)C(F)(F)F)c1cccc(O)c1. The third kappa shape index (κ3) is 4.48. The summed E-state index contributed by atoms with van der Waals surface area (Å²) < 4.78 is 36.6. The van der Waals surface area contributed by atoms with Gasteiger partial charge in [-0.1, -0.05) is 24.3 Å². The van der Waals surface area contributed by atoms with E-state index in [0.29, 0.717) is 5.56 Å². The van der Waals surface area contributed by atoms with Crippen LogP contribution in [0.2, 0.25) is 0 Å². The molecule has 0 aliphatic rings. The Hall–Kier alpha value is -3.03. The van der Waals surface area contributed by atoms with Crippen molar-refractivity contribution in [2.45, 2.75) is 12.7 Å². The highest BCUT2D eigenvalue weighted by Gasteiger charge is 2.38. The summed E-state index contributed by atoms with van der Waals surface area (Å²) in [6.07, 6.45) is -4.97. The first-order valence-electron chi connectivity index (χ1n) is 6.80. The largest absolute Gasteiger partial charge is 0.508 e. The van der Waals surface area contributed by atoms with E-state index in [4.69, 9.17) is 0 Å². The second-order valence-corrected chi connectivity index (χ2v) is 4.84. The molecular weight excluding hydrogens is 325 g/mol. The smallest absolute Gasteiger partial charge is 0.471 e. The quantitative estimate of drug-likeness (QED) is 0.802. The highest BCUT2D eigenvalue weighted by molar-refractivity contribution is 6.04. The monoisotopic (exact) mass is 338 g/mol. The lowest BCUT2D eigenvalue weighted by Gasteiger charge is -2.13. The molecular formula is C16H13F3N2O3. The number of hydrogen-bond acceptors (Lipinski definition) is 3. The van der Waals surface area contributed by atoms with Gasteiger partial charge < -0.3 is 15.7 Å². The van der Waals surface area contributed by atoms with Crippen LogP contribution in [0.3, 0.4) is 0 Å². The Bertz CT molecular complexity index is 760. The predicted molar refractivity (Wildman–Crippen MR) is 80.4 cm³/mol. The Kier molecular flexibility index (Phi) is 5.08. The Morgan fingerprint density at radius 3 is 2.42 bits per heavy atom. The molecule has 0 unspecified atom stereocenters. The van der Waals surface area contributed by atoms with Crippen molar-refractivity contribution in [3.8, 4) is 5.75 Å². The fraction of sp³-hybridized carbons (Fsp3) is 0.125. The number of benzene rings is 2. The van der Waals surface area contributed by atoms with Crippen LogP contribution in [-0.4, -0.2) is 23.1 Å². The zero-order valence-corrected chi connectivity index (χ0v) is 12.2. The zero-order chi connectivity index (χ0) is 17.7. The number of nitrogens with one attached hydrogen (secondary N) is 2. The van der Waals surface area contributed by atoms with Crippen LogP contribution < -0.4 is 10.6 Å². The van der Waals surface area contributed by atoms with Crippen LogP contribution in [0, 0.1) is 0 Å². The average molecular weight is 338 g/mol. The predicted octanol–water partition coefficient (Wildman–Crippen LogP) is 2.82. The minimum absolute atomic E-state index is 0.0895. The van der Waals surface area contributed by atoms with E-state index in [-0.39, 0.29) is 17.0 Å². The minimum Gasteiger partial charge on any atom is -0.508 e. The van der Waals surface area contributed by atoms with E-state index in [2.05, 4.69) is 5.32 Å². The van der Waals surface area contributed by atoms with Crippen molar-refractivity contribution in [2.75, 3.05) is 5.32 Å². The van der Waals surface area contributed by atoms with Gasteiger partial charge in [0.1, 0.15) is 5.75 Å². The first kappa shape index (κ1) is 17.3. The summed E-state index contributed by atoms with van der Waals surface area (Å²) in [5.41, 5.74) is 0.751. The van der Waals surface area contributed by atoms with Crippen LogP contribution in [0.5, 0.6) is 5.75 Å². The van der Waals surface area contributed by atoms with Gasteiger partial charge in [0.2, 0.25) is 0 Å². The summed E-state index contributed by atoms with van der Waals surface area (Å²) in [4.78, 5) is 23.0. The molecule has 2 aromatic rings. The number of hydrogen-bond donors (Lipinski definition) is 3. The topological polar surface area (TPSA) is 78.4 Å². The number of alkyl halides is 3. The molecule has 0 aromatic heterocycles. The van der Waals surface area contributed by atoms with E-state index in [1.165, 1.54) is 36.4 Å². The van der Waals surface area contributed by atoms with Gasteiger partial charge >= 0.3 is 12.1 Å². The fourth-order valence-corrected chi connectivity index (χ4v) is 1.91. The maximum absolute atomic E-state index is 12.2. The third-order valence-corrected chi connectivity index (χ3v) is 3.07. The molecule has 0 atom stereocenters. The maximum atomic E-state index is 12.2. The van der Waals surface area contributed by atoms with E-state index in [0.717, 1.165) is 0 Å². The van der Waals surface area contributed by atoms with Crippen LogP contribution in [0.4, 0.5) is 18.9 Å². The lowest BCUT2D eigenvalue weighted by molar-refractivity contribution is -0.173. The van der Waals surface area contributed by atoms with Gasteiger partial charge in [-0.2, -0.15) is 13.2 Å². The highest BCUT2D eigenvalue weighted by Crippen LogP contribution is 2.19. The lowest BCUT2D eigenvalue weighted by atomic mass is 10.1. The van der Waals surface area contributed by atoms with E-state index < -0.39 is 24.5 Å². The normalized spacial score (nSPS) is 11.0. The van der Waals surface area contributed by atoms with Crippen LogP contribution in [0.25, 0.3) is 0 Å². The number of anilines is 1. The molecule has 3 N–H and O–H groups in total. The van der Waals surface area contributed by atoms with Crippen molar-refractivity contribution in [1.82, 2.24) is 5.32 Å². The lowest BCUT2D eigenvalue weighted by Crippen LogP contribution is -2.36. The number of halogens is 3. The standard InChI is InChI=1S/C16H13F3N2O3/c17-16(18,19)15(24)20-9-11-4-1-2-7-13(11)21-14(23)10-5-3-6-12(22)8-10/h1-8,22H,9H2,(H,20,24)(H,21,23). The van der Waals surface area contributed by atoms with Gasteiger partial charge in [-0.3, -0.25) is 9.59 Å². The van der Waals surface area contributed by atoms with Gasteiger partial charge in [-0.05, 0) is 29.8 Å². The highest BCUT2D eigenvalue weighted by atomic mass is 19.4. The number of aromatic hydroxyl groups is 1. The molecule has 0 aliphatic heterocycles. The number of phenolic OH excluding ortho intramolecular Hbond substituents is 1. The van der Waals surface area contributed by atoms with E-state index in [9.17, 15) is 27.9 Å². The molecule has 5 nitrogen and oxygen atoms in total. The van der Waals surface area contributed by atoms with Crippen LogP contribution in [-0.2, 0) is 11.3 Å². The van der Waals surface area contributed by atoms with Crippen molar-refractivity contribution < 1.29 is 27.9 Å². The van der Waals surface area contributed by atoms with Gasteiger partial charge in [0, 0.05) is 17.8 Å². The molecule has 0 fully saturated rings. The van der Waals surface area contributed by atoms with Crippen LogP contribution in [0.1, 0.15) is 15.9 Å². The van der Waals surface area contributed by atoms with Crippen LogP contribution in [0.15, 0.2) is 48.5 Å². The fourth-order valence-electron chi connectivity index (χ4n) is 1.91. The molecule has 0 bridgehead atoms. The second kappa shape index (κ2) is 7.03. The molecule has 126 valence electrons. The number of carbonyl (C=O) groups excluding carboxylic acids is 2. The third-order valence-electron chi connectivity index (χ3n) is 3.07. The Morgan fingerprint density at radius 2 is 1.75 bits per heavy atom. The summed E-state index contributed by atoms with van der Waals surface area (Å²) in [5, 5.41) is 13.7. The van der Waals surface area contributed by atoms with Gasteiger partial charge in [0.05, 0.1) is 0 Å². The maximum Gasteiger partial charge on any atom is 0.471 e. The van der Waals surface area contributed by atoms with Gasteiger partial charge in [0.25, 0.3) is 5.91 Å². The number of amides is 2. The number of carbonyl (C=O) groups is 2. The molecule has 0 radical (unpaired) electrons. The summed E-state index contributed by atoms with van der Waals surface area (Å²) in [6.45, 7) is -0.394. The molecule has 8 heteroatoms. The molecule has 0 saturated carbocycles. The molecule has 24 heavy (non-hydrogen) atoms. The summed E-state index contributed by atoms with van der Waals surface area (Å²) in [7, 11) is 0. The summed E-state index contributed by atoms with van der Waals surface area (Å²) in [5.74, 6) is -2.69. The molecule has 0 heterocycles. The first-order valence-corrected chi connectivity index (χ1v) is 6.80. The van der Waals surface area contributed by atoms with Crippen LogP contribution >= 0.6 is 0 Å². The Balaban J connectivity index is 2.11. The summed E-state index contributed by atoms with van der Waals surface area (Å²) in [6, 6.07) is 11.8. The molecule has 0 saturated heterocycles. The molecule has 2 aromatic carbocycles. The minimum atomic E-state index is -4.97. The Labute approximate surface area is 135 Å². The van der Waals surface area contributed by atoms with E-state index in [1.807, 2.05) is 0 Å². The van der Waals surface area contributed by atoms with Crippen molar-refractivity contribution in [3.63, 3.8) is 0 Å². The number of para-hydroxylation sites is 1. The van der Waals surface area contributed by atoms with Gasteiger partial charge in [-0.25, -0.2) is 0 Å². The van der Waals surface area contributed by atoms with Gasteiger partial charge in [-0.15, -0.1) is 0 Å². The van der Waals surface area contributed by atoms with E-state index >= 15 is 0 Å². The van der Waals surface area contributed by atoms with Gasteiger partial charge in [0.15, 0.2) is 0 Å². The molecule has 0 spiro atoms. The van der Waals surface area contributed by atoms with Crippen molar-refractivity contribution in [2.24, 2.45) is 0 Å². The molecule has 2 rings (SSSR count). The van der Waals surface area contributed by atoms with Crippen molar-refractivity contribution in [1.29, 1.82) is 0 Å². The first-order chi connectivity index (χ1) is 11.3. The average Bonchev–Trinajstić information content (AvgIpc) is 2.52. The molecule has 2 amide bonds. The Morgan fingerprint density at radius 1 is 1.04 bits per heavy atom. The van der Waals surface area contributed by atoms with Crippen molar-refractivity contribution >= 4 is 17.5 Å². The van der Waals surface area contributed by atoms with E-state index in [1.54, 1.807) is 17.4 Å². The summed E-state index contributed by atoms with van der Waals surface area (Å²) >= 11 is 0.